The van der Waals surface area contributed by atoms with E-state index in [1.165, 1.54) is 11.5 Å². The number of aliphatic hydroxyl groups excluding tert-OH is 2. The third kappa shape index (κ3) is 1.63. The van der Waals surface area contributed by atoms with Gasteiger partial charge in [-0.15, -0.1) is 0 Å². The first-order valence-corrected chi connectivity index (χ1v) is 5.50. The number of hydrogen-bond donors (Lipinski definition) is 2. The van der Waals surface area contributed by atoms with Crippen LogP contribution in [0.1, 0.15) is 16.9 Å². The highest BCUT2D eigenvalue weighted by molar-refractivity contribution is 7.06. The largest absolute Gasteiger partial charge is 0.394 e. The molecule has 0 fully saturated rings. The highest BCUT2D eigenvalue weighted by atomic mass is 32.1. The molecule has 14 heavy (non-hydrogen) atoms. The van der Waals surface area contributed by atoms with Crippen LogP contribution in [0.2, 0.25) is 0 Å². The van der Waals surface area contributed by atoms with Crippen LogP contribution in [-0.2, 0) is 19.4 Å². The Kier molecular flexibility index (Phi) is 2.71. The molecule has 1 atom stereocenters. The zero-order valence-electron chi connectivity index (χ0n) is 7.77. The summed E-state index contributed by atoms with van der Waals surface area (Å²) in [6.07, 6.45) is 2.09. The molecule has 5 heteroatoms. The molecule has 0 amide bonds. The maximum absolute atomic E-state index is 11.7. The van der Waals surface area contributed by atoms with Gasteiger partial charge in [-0.05, 0) is 19.3 Å². The van der Waals surface area contributed by atoms with Crippen LogP contribution in [0.3, 0.4) is 0 Å². The fourth-order valence-electron chi connectivity index (χ4n) is 1.74. The van der Waals surface area contributed by atoms with Crippen LogP contribution >= 0.6 is 11.5 Å². The molecule has 78 valence electrons. The molecule has 1 aromatic rings. The molecule has 0 bridgehead atoms. The average Bonchev–Trinajstić information content (AvgIpc) is 2.72. The van der Waals surface area contributed by atoms with Gasteiger partial charge >= 0.3 is 0 Å². The first kappa shape index (κ1) is 9.89. The third-order valence-electron chi connectivity index (χ3n) is 2.46. The molecular weight excluding hydrogens is 202 g/mol. The van der Waals surface area contributed by atoms with Crippen LogP contribution in [-0.4, -0.2) is 26.9 Å². The van der Waals surface area contributed by atoms with Gasteiger partial charge in [0.25, 0.3) is 5.56 Å². The highest BCUT2D eigenvalue weighted by Gasteiger charge is 2.20. The van der Waals surface area contributed by atoms with Crippen LogP contribution in [0.25, 0.3) is 0 Å². The number of hydrogen-bond acceptors (Lipinski definition) is 4. The molecule has 4 nitrogen and oxygen atoms in total. The normalized spacial score (nSPS) is 17.0. The number of fused-ring (bicyclic) bond motifs is 1. The number of aliphatic hydroxyl groups is 2. The van der Waals surface area contributed by atoms with Crippen LogP contribution < -0.4 is 5.56 Å². The van der Waals surface area contributed by atoms with Gasteiger partial charge in [-0.3, -0.25) is 8.75 Å². The number of aryl methyl sites for hydroxylation is 1. The number of aromatic nitrogens is 1. The highest BCUT2D eigenvalue weighted by Crippen LogP contribution is 2.23. The predicted molar refractivity (Wildman–Crippen MR) is 53.7 cm³/mol. The van der Waals surface area contributed by atoms with Crippen LogP contribution in [0, 0.1) is 0 Å². The Labute approximate surface area is 85.6 Å². The summed E-state index contributed by atoms with van der Waals surface area (Å²) in [5, 5.41) is 17.9. The SMILES string of the molecule is O=c1c2c(sn1CC(O)CO)CCC2. The summed E-state index contributed by atoms with van der Waals surface area (Å²) >= 11 is 1.43. The minimum absolute atomic E-state index is 0.0231. The van der Waals surface area contributed by atoms with Crippen molar-refractivity contribution < 1.29 is 10.2 Å². The fourth-order valence-corrected chi connectivity index (χ4v) is 2.98. The summed E-state index contributed by atoms with van der Waals surface area (Å²) in [6.45, 7) is -0.0813. The maximum Gasteiger partial charge on any atom is 0.264 e. The fraction of sp³-hybridized carbons (Fsp3) is 0.667. The van der Waals surface area contributed by atoms with E-state index in [1.54, 1.807) is 3.96 Å². The molecule has 1 aliphatic carbocycles. The summed E-state index contributed by atoms with van der Waals surface area (Å²) in [5.41, 5.74) is 0.940. The third-order valence-corrected chi connectivity index (χ3v) is 3.67. The second kappa shape index (κ2) is 3.84. The lowest BCUT2D eigenvalue weighted by Gasteiger charge is -2.05. The second-order valence-electron chi connectivity index (χ2n) is 3.55. The summed E-state index contributed by atoms with van der Waals surface area (Å²) < 4.78 is 1.55. The van der Waals surface area contributed by atoms with Crippen molar-refractivity contribution in [3.05, 3.63) is 20.8 Å². The lowest BCUT2D eigenvalue weighted by atomic mass is 10.3. The molecule has 0 aromatic carbocycles. The van der Waals surface area contributed by atoms with Crippen molar-refractivity contribution in [2.24, 2.45) is 0 Å². The Morgan fingerprint density at radius 3 is 2.93 bits per heavy atom. The molecule has 1 heterocycles. The maximum atomic E-state index is 11.7. The zero-order valence-corrected chi connectivity index (χ0v) is 8.59. The van der Waals surface area contributed by atoms with E-state index in [0.717, 1.165) is 29.7 Å². The number of rotatable bonds is 3. The lowest BCUT2D eigenvalue weighted by molar-refractivity contribution is 0.0829. The van der Waals surface area contributed by atoms with Gasteiger partial charge in [-0.1, -0.05) is 11.5 Å². The van der Waals surface area contributed by atoms with Crippen LogP contribution in [0.4, 0.5) is 0 Å². The van der Waals surface area contributed by atoms with Gasteiger partial charge in [0, 0.05) is 10.4 Å². The van der Waals surface area contributed by atoms with Crippen molar-refractivity contribution in [3.8, 4) is 0 Å². The van der Waals surface area contributed by atoms with Crippen molar-refractivity contribution in [1.29, 1.82) is 0 Å². The molecule has 1 aliphatic rings. The molecule has 0 saturated carbocycles. The van der Waals surface area contributed by atoms with E-state index in [0.29, 0.717) is 0 Å². The monoisotopic (exact) mass is 215 g/mol. The molecular formula is C9H13NO3S. The topological polar surface area (TPSA) is 62.5 Å². The molecule has 2 rings (SSSR count). The van der Waals surface area contributed by atoms with Crippen molar-refractivity contribution >= 4 is 11.5 Å². The summed E-state index contributed by atoms with van der Waals surface area (Å²) in [5.74, 6) is 0. The average molecular weight is 215 g/mol. The predicted octanol–water partition coefficient (Wildman–Crippen LogP) is -0.248. The van der Waals surface area contributed by atoms with Crippen molar-refractivity contribution in [2.45, 2.75) is 31.9 Å². The Balaban J connectivity index is 2.24. The molecule has 1 aromatic heterocycles. The Bertz CT molecular complexity index is 382. The standard InChI is InChI=1S/C9H13NO3S/c11-5-6(12)4-10-9(13)7-2-1-3-8(7)14-10/h6,11-12H,1-5H2. The van der Waals surface area contributed by atoms with Crippen molar-refractivity contribution in [2.75, 3.05) is 6.61 Å². The van der Waals surface area contributed by atoms with E-state index in [-0.39, 0.29) is 18.7 Å². The van der Waals surface area contributed by atoms with Gasteiger partial charge in [-0.25, -0.2) is 0 Å². The molecule has 0 aliphatic heterocycles. The minimum Gasteiger partial charge on any atom is -0.394 e. The van der Waals surface area contributed by atoms with Gasteiger partial charge in [0.15, 0.2) is 0 Å². The van der Waals surface area contributed by atoms with E-state index in [4.69, 9.17) is 5.11 Å². The van der Waals surface area contributed by atoms with Gasteiger partial charge in [0.1, 0.15) is 0 Å². The van der Waals surface area contributed by atoms with E-state index in [9.17, 15) is 9.90 Å². The summed E-state index contributed by atoms with van der Waals surface area (Å²) in [7, 11) is 0. The van der Waals surface area contributed by atoms with Crippen molar-refractivity contribution in [1.82, 2.24) is 3.96 Å². The Hall–Kier alpha value is -0.650. The first-order valence-electron chi connectivity index (χ1n) is 4.73. The zero-order chi connectivity index (χ0) is 10.1. The summed E-state index contributed by atoms with van der Waals surface area (Å²) in [4.78, 5) is 12.8. The molecule has 0 radical (unpaired) electrons. The quantitative estimate of drug-likeness (QED) is 0.731. The molecule has 0 saturated heterocycles. The molecule has 0 spiro atoms. The number of nitrogens with zero attached hydrogens (tertiary/aromatic N) is 1. The van der Waals surface area contributed by atoms with Crippen molar-refractivity contribution in [3.63, 3.8) is 0 Å². The van der Waals surface area contributed by atoms with E-state index in [1.807, 2.05) is 0 Å². The first-order chi connectivity index (χ1) is 6.72. The van der Waals surface area contributed by atoms with E-state index >= 15 is 0 Å². The lowest BCUT2D eigenvalue weighted by Crippen LogP contribution is -2.25. The Morgan fingerprint density at radius 1 is 1.50 bits per heavy atom. The molecule has 2 N–H and O–H groups in total. The smallest absolute Gasteiger partial charge is 0.264 e. The molecule has 1 unspecified atom stereocenters. The van der Waals surface area contributed by atoms with Gasteiger partial charge in [0.05, 0.1) is 19.3 Å². The van der Waals surface area contributed by atoms with E-state index < -0.39 is 6.10 Å². The van der Waals surface area contributed by atoms with Crippen LogP contribution in [0.5, 0.6) is 0 Å². The van der Waals surface area contributed by atoms with E-state index in [2.05, 4.69) is 0 Å². The minimum atomic E-state index is -0.827. The Morgan fingerprint density at radius 2 is 2.29 bits per heavy atom. The van der Waals surface area contributed by atoms with Crippen LogP contribution in [0.15, 0.2) is 4.79 Å². The van der Waals surface area contributed by atoms with Gasteiger partial charge in [0.2, 0.25) is 0 Å². The van der Waals surface area contributed by atoms with Gasteiger partial charge < -0.3 is 10.2 Å². The second-order valence-corrected chi connectivity index (χ2v) is 4.67. The van der Waals surface area contributed by atoms with Gasteiger partial charge in [-0.2, -0.15) is 0 Å². The summed E-state index contributed by atoms with van der Waals surface area (Å²) in [6, 6.07) is 0.